The topological polar surface area (TPSA) is 78.2 Å². The number of rotatable bonds is 5. The first-order valence-corrected chi connectivity index (χ1v) is 9.41. The minimum Gasteiger partial charge on any atom is -0.471 e. The summed E-state index contributed by atoms with van der Waals surface area (Å²) in [5.74, 6) is 0.459. The highest BCUT2D eigenvalue weighted by molar-refractivity contribution is 5.76. The van der Waals surface area contributed by atoms with E-state index in [2.05, 4.69) is 10.3 Å². The van der Waals surface area contributed by atoms with E-state index in [0.29, 0.717) is 24.5 Å². The first kappa shape index (κ1) is 18.5. The standard InChI is InChI=1S/C23H20N4O2/c24-13-17-11-12-21(25-14-17)29-20-15-27(16-20)23(28)26-22(18-7-3-1-4-8-18)19-9-5-2-6-10-19/h1-12,14,20,22H,15-16H2,(H,26,28). The van der Waals surface area contributed by atoms with Crippen LogP contribution in [0.1, 0.15) is 22.7 Å². The van der Waals surface area contributed by atoms with E-state index in [1.165, 1.54) is 6.20 Å². The van der Waals surface area contributed by atoms with Crippen LogP contribution in [0.5, 0.6) is 5.88 Å². The van der Waals surface area contributed by atoms with Crippen molar-refractivity contribution in [2.75, 3.05) is 13.1 Å². The molecule has 3 aromatic rings. The molecular weight excluding hydrogens is 364 g/mol. The smallest absolute Gasteiger partial charge is 0.318 e. The second kappa shape index (κ2) is 8.44. The van der Waals surface area contributed by atoms with Gasteiger partial charge in [-0.1, -0.05) is 60.7 Å². The van der Waals surface area contributed by atoms with E-state index >= 15 is 0 Å². The Morgan fingerprint density at radius 2 is 1.66 bits per heavy atom. The SMILES string of the molecule is N#Cc1ccc(OC2CN(C(=O)NC(c3ccccc3)c3ccccc3)C2)nc1. The van der Waals surface area contributed by atoms with Crippen LogP contribution in [0, 0.1) is 11.3 Å². The zero-order valence-electron chi connectivity index (χ0n) is 15.7. The third kappa shape index (κ3) is 4.36. The van der Waals surface area contributed by atoms with Crippen molar-refractivity contribution >= 4 is 6.03 Å². The van der Waals surface area contributed by atoms with Crippen molar-refractivity contribution in [2.24, 2.45) is 0 Å². The predicted molar refractivity (Wildman–Crippen MR) is 108 cm³/mol. The van der Waals surface area contributed by atoms with Gasteiger partial charge in [-0.05, 0) is 17.2 Å². The van der Waals surface area contributed by atoms with Gasteiger partial charge in [-0.15, -0.1) is 0 Å². The summed E-state index contributed by atoms with van der Waals surface area (Å²) in [4.78, 5) is 18.6. The predicted octanol–water partition coefficient (Wildman–Crippen LogP) is 3.52. The summed E-state index contributed by atoms with van der Waals surface area (Å²) < 4.78 is 5.76. The summed E-state index contributed by atoms with van der Waals surface area (Å²) in [6, 6.07) is 24.8. The van der Waals surface area contributed by atoms with Crippen LogP contribution >= 0.6 is 0 Å². The van der Waals surface area contributed by atoms with Gasteiger partial charge in [0.1, 0.15) is 12.2 Å². The number of nitriles is 1. The van der Waals surface area contributed by atoms with Crippen LogP contribution in [0.3, 0.4) is 0 Å². The minimum absolute atomic E-state index is 0.104. The normalized spacial score (nSPS) is 13.4. The lowest BCUT2D eigenvalue weighted by Gasteiger charge is -2.39. The van der Waals surface area contributed by atoms with E-state index in [4.69, 9.17) is 10.00 Å². The Morgan fingerprint density at radius 1 is 1.03 bits per heavy atom. The Bertz CT molecular complexity index is 955. The molecule has 0 saturated carbocycles. The van der Waals surface area contributed by atoms with Gasteiger partial charge in [-0.25, -0.2) is 9.78 Å². The van der Waals surface area contributed by atoms with Gasteiger partial charge in [0.2, 0.25) is 5.88 Å². The van der Waals surface area contributed by atoms with E-state index < -0.39 is 0 Å². The molecule has 2 amide bonds. The van der Waals surface area contributed by atoms with Gasteiger partial charge in [0.25, 0.3) is 0 Å². The number of carbonyl (C=O) groups excluding carboxylic acids is 1. The van der Waals surface area contributed by atoms with Crippen molar-refractivity contribution in [1.29, 1.82) is 5.26 Å². The Hall–Kier alpha value is -3.85. The lowest BCUT2D eigenvalue weighted by atomic mass is 9.99. The maximum Gasteiger partial charge on any atom is 0.318 e. The molecule has 0 radical (unpaired) electrons. The highest BCUT2D eigenvalue weighted by atomic mass is 16.5. The van der Waals surface area contributed by atoms with Gasteiger partial charge in [0, 0.05) is 12.3 Å². The fourth-order valence-electron chi connectivity index (χ4n) is 3.23. The van der Waals surface area contributed by atoms with Gasteiger partial charge < -0.3 is 15.0 Å². The summed E-state index contributed by atoms with van der Waals surface area (Å²) in [6.45, 7) is 0.980. The highest BCUT2D eigenvalue weighted by Gasteiger charge is 2.33. The molecule has 1 fully saturated rings. The number of pyridine rings is 1. The van der Waals surface area contributed by atoms with E-state index in [0.717, 1.165) is 11.1 Å². The molecule has 0 spiro atoms. The molecule has 2 heterocycles. The second-order valence-electron chi connectivity index (χ2n) is 6.85. The van der Waals surface area contributed by atoms with Gasteiger partial charge in [0.15, 0.2) is 0 Å². The summed E-state index contributed by atoms with van der Waals surface area (Å²) in [5.41, 5.74) is 2.55. The number of aromatic nitrogens is 1. The molecule has 1 aliphatic heterocycles. The molecule has 0 aliphatic carbocycles. The van der Waals surface area contributed by atoms with Crippen molar-refractivity contribution in [2.45, 2.75) is 12.1 Å². The average molecular weight is 384 g/mol. The average Bonchev–Trinajstić information content (AvgIpc) is 2.75. The van der Waals surface area contributed by atoms with E-state index in [9.17, 15) is 4.79 Å². The summed E-state index contributed by atoms with van der Waals surface area (Å²) in [6.07, 6.45) is 1.37. The molecule has 6 heteroatoms. The number of carbonyl (C=O) groups is 1. The van der Waals surface area contributed by atoms with Crippen molar-refractivity contribution < 1.29 is 9.53 Å². The summed E-state index contributed by atoms with van der Waals surface area (Å²) >= 11 is 0. The molecule has 0 unspecified atom stereocenters. The molecule has 1 N–H and O–H groups in total. The Balaban J connectivity index is 1.37. The van der Waals surface area contributed by atoms with Crippen molar-refractivity contribution in [1.82, 2.24) is 15.2 Å². The quantitative estimate of drug-likeness (QED) is 0.730. The molecule has 0 bridgehead atoms. The van der Waals surface area contributed by atoms with Crippen LogP contribution in [0.25, 0.3) is 0 Å². The second-order valence-corrected chi connectivity index (χ2v) is 6.85. The van der Waals surface area contributed by atoms with Crippen molar-refractivity contribution in [3.8, 4) is 11.9 Å². The number of urea groups is 1. The third-order valence-electron chi connectivity index (χ3n) is 4.82. The van der Waals surface area contributed by atoms with Gasteiger partial charge in [-0.2, -0.15) is 5.26 Å². The molecule has 1 saturated heterocycles. The number of amides is 2. The van der Waals surface area contributed by atoms with Crippen LogP contribution in [0.2, 0.25) is 0 Å². The lowest BCUT2D eigenvalue weighted by Crippen LogP contribution is -2.59. The zero-order chi connectivity index (χ0) is 20.1. The maximum atomic E-state index is 12.8. The van der Waals surface area contributed by atoms with E-state index in [1.54, 1.807) is 17.0 Å². The minimum atomic E-state index is -0.218. The fraction of sp³-hybridized carbons (Fsp3) is 0.174. The molecule has 2 aromatic carbocycles. The van der Waals surface area contributed by atoms with E-state index in [-0.39, 0.29) is 18.2 Å². The molecular formula is C23H20N4O2. The number of likely N-dealkylation sites (tertiary alicyclic amines) is 1. The first-order chi connectivity index (χ1) is 14.2. The number of nitrogens with one attached hydrogen (secondary N) is 1. The van der Waals surface area contributed by atoms with Gasteiger partial charge in [-0.3, -0.25) is 0 Å². The molecule has 29 heavy (non-hydrogen) atoms. The van der Waals surface area contributed by atoms with E-state index in [1.807, 2.05) is 66.7 Å². The van der Waals surface area contributed by atoms with Crippen molar-refractivity contribution in [3.05, 3.63) is 95.7 Å². The molecule has 144 valence electrons. The highest BCUT2D eigenvalue weighted by Crippen LogP contribution is 2.23. The van der Waals surface area contributed by atoms with Crippen LogP contribution in [0.4, 0.5) is 4.79 Å². The van der Waals surface area contributed by atoms with Crippen LogP contribution in [0.15, 0.2) is 79.0 Å². The maximum absolute atomic E-state index is 12.8. The number of hydrogen-bond donors (Lipinski definition) is 1. The molecule has 1 aliphatic rings. The number of hydrogen-bond acceptors (Lipinski definition) is 4. The largest absolute Gasteiger partial charge is 0.471 e. The molecule has 1 aromatic heterocycles. The first-order valence-electron chi connectivity index (χ1n) is 9.41. The van der Waals surface area contributed by atoms with Crippen molar-refractivity contribution in [3.63, 3.8) is 0 Å². The van der Waals surface area contributed by atoms with Crippen LogP contribution < -0.4 is 10.1 Å². The van der Waals surface area contributed by atoms with Gasteiger partial charge in [0.05, 0.1) is 24.7 Å². The number of benzene rings is 2. The summed E-state index contributed by atoms with van der Waals surface area (Å²) in [7, 11) is 0. The Morgan fingerprint density at radius 3 is 2.17 bits per heavy atom. The zero-order valence-corrected chi connectivity index (χ0v) is 15.7. The van der Waals surface area contributed by atoms with Gasteiger partial charge >= 0.3 is 6.03 Å². The molecule has 6 nitrogen and oxygen atoms in total. The molecule has 0 atom stereocenters. The monoisotopic (exact) mass is 384 g/mol. The Labute approximate surface area is 169 Å². The molecule has 4 rings (SSSR count). The fourth-order valence-corrected chi connectivity index (χ4v) is 3.23. The number of nitrogens with zero attached hydrogens (tertiary/aromatic N) is 3. The lowest BCUT2D eigenvalue weighted by molar-refractivity contribution is 0.0408. The third-order valence-corrected chi connectivity index (χ3v) is 4.82. The van der Waals surface area contributed by atoms with Crippen LogP contribution in [-0.4, -0.2) is 35.1 Å². The van der Waals surface area contributed by atoms with Crippen LogP contribution in [-0.2, 0) is 0 Å². The summed E-state index contributed by atoms with van der Waals surface area (Å²) in [5, 5.41) is 11.9. The Kier molecular flexibility index (Phi) is 5.39. The number of ether oxygens (including phenoxy) is 1.